The van der Waals surface area contributed by atoms with Gasteiger partial charge in [0.05, 0.1) is 25.4 Å². The molecule has 192 valence electrons. The van der Waals surface area contributed by atoms with Crippen LogP contribution in [0.3, 0.4) is 0 Å². The number of nitrogens with two attached hydrogens (primary N) is 1. The molecule has 2 amide bonds. The van der Waals surface area contributed by atoms with Gasteiger partial charge in [0, 0.05) is 12.5 Å². The molecule has 0 aliphatic carbocycles. The molecule has 0 aliphatic rings. The van der Waals surface area contributed by atoms with Crippen molar-refractivity contribution in [3.63, 3.8) is 0 Å². The summed E-state index contributed by atoms with van der Waals surface area (Å²) < 4.78 is 5.66. The Morgan fingerprint density at radius 3 is 2.00 bits per heavy atom. The lowest BCUT2D eigenvalue weighted by Gasteiger charge is -2.29. The van der Waals surface area contributed by atoms with E-state index < -0.39 is 24.1 Å². The van der Waals surface area contributed by atoms with Gasteiger partial charge in [0.2, 0.25) is 11.8 Å². The minimum absolute atomic E-state index is 0.0396. The van der Waals surface area contributed by atoms with Crippen LogP contribution < -0.4 is 16.4 Å². The van der Waals surface area contributed by atoms with Crippen LogP contribution in [0.1, 0.15) is 45.2 Å². The summed E-state index contributed by atoms with van der Waals surface area (Å²) in [7, 11) is 0. The van der Waals surface area contributed by atoms with E-state index in [-0.39, 0.29) is 36.7 Å². The lowest BCUT2D eigenvalue weighted by Crippen LogP contribution is -2.52. The van der Waals surface area contributed by atoms with Crippen molar-refractivity contribution in [2.75, 3.05) is 6.61 Å². The molecule has 0 unspecified atom stereocenters. The Labute approximate surface area is 209 Å². The summed E-state index contributed by atoms with van der Waals surface area (Å²) in [6.45, 7) is 8.62. The Bertz CT molecular complexity index is 890. The number of benzene rings is 2. The molecule has 0 fully saturated rings. The largest absolute Gasteiger partial charge is 0.391 e. The predicted molar refractivity (Wildman–Crippen MR) is 138 cm³/mol. The molecule has 7 nitrogen and oxygen atoms in total. The molecule has 0 bridgehead atoms. The van der Waals surface area contributed by atoms with Gasteiger partial charge in [0.1, 0.15) is 6.04 Å². The second-order valence-electron chi connectivity index (χ2n) is 9.75. The van der Waals surface area contributed by atoms with Crippen molar-refractivity contribution < 1.29 is 19.4 Å². The monoisotopic (exact) mass is 483 g/mol. The molecular weight excluding hydrogens is 442 g/mol. The molecular formula is C28H41N3O4. The summed E-state index contributed by atoms with van der Waals surface area (Å²) in [5.74, 6) is -1.12. The first-order chi connectivity index (χ1) is 16.7. The second kappa shape index (κ2) is 14.6. The fourth-order valence-corrected chi connectivity index (χ4v) is 3.81. The summed E-state index contributed by atoms with van der Waals surface area (Å²) in [5, 5.41) is 16.5. The molecule has 7 heteroatoms. The van der Waals surface area contributed by atoms with Gasteiger partial charge in [-0.2, -0.15) is 0 Å². The van der Waals surface area contributed by atoms with E-state index in [1.807, 2.05) is 88.4 Å². The number of rotatable bonds is 14. The van der Waals surface area contributed by atoms with Crippen molar-refractivity contribution in [3.05, 3.63) is 71.8 Å². The van der Waals surface area contributed by atoms with E-state index in [2.05, 4.69) is 10.6 Å². The third-order valence-electron chi connectivity index (χ3n) is 6.11. The standard InChI is InChI=1S/C28H41N3O4/c1-19(2)23(15-25(32)24(29)18-35-17-22-13-9-6-10-14-22)27(33)31-26(20(3)4)28(34)30-16-21-11-7-5-8-12-21/h5-14,19-20,23-26,32H,15-18,29H2,1-4H3,(H,30,34)(H,31,33)/t23-,24-,25-,26-/m0/s1. The molecule has 0 heterocycles. The van der Waals surface area contributed by atoms with E-state index in [4.69, 9.17) is 10.5 Å². The number of carbonyl (C=O) groups excluding carboxylic acids is 2. The molecule has 0 aliphatic heterocycles. The molecule has 4 atom stereocenters. The second-order valence-corrected chi connectivity index (χ2v) is 9.75. The first-order valence-electron chi connectivity index (χ1n) is 12.4. The minimum atomic E-state index is -0.909. The fraction of sp³-hybridized carbons (Fsp3) is 0.500. The van der Waals surface area contributed by atoms with Crippen LogP contribution in [0, 0.1) is 17.8 Å². The van der Waals surface area contributed by atoms with Gasteiger partial charge in [-0.25, -0.2) is 0 Å². The van der Waals surface area contributed by atoms with E-state index in [1.165, 1.54) is 0 Å². The van der Waals surface area contributed by atoms with Crippen LogP contribution >= 0.6 is 0 Å². The van der Waals surface area contributed by atoms with E-state index in [9.17, 15) is 14.7 Å². The highest BCUT2D eigenvalue weighted by Gasteiger charge is 2.32. The van der Waals surface area contributed by atoms with Crippen LogP contribution in [-0.2, 0) is 27.5 Å². The number of aliphatic hydroxyl groups is 1. The third kappa shape index (κ3) is 9.80. The van der Waals surface area contributed by atoms with Crippen molar-refractivity contribution in [2.24, 2.45) is 23.5 Å². The Morgan fingerprint density at radius 2 is 1.46 bits per heavy atom. The maximum absolute atomic E-state index is 13.2. The van der Waals surface area contributed by atoms with Crippen LogP contribution in [0.2, 0.25) is 0 Å². The topological polar surface area (TPSA) is 114 Å². The summed E-state index contributed by atoms with van der Waals surface area (Å²) >= 11 is 0. The van der Waals surface area contributed by atoms with Gasteiger partial charge >= 0.3 is 0 Å². The Balaban J connectivity index is 1.90. The number of hydrogen-bond acceptors (Lipinski definition) is 5. The zero-order valence-corrected chi connectivity index (χ0v) is 21.3. The molecule has 2 aromatic rings. The minimum Gasteiger partial charge on any atom is -0.391 e. The molecule has 0 spiro atoms. The highest BCUT2D eigenvalue weighted by Crippen LogP contribution is 2.20. The van der Waals surface area contributed by atoms with Crippen LogP contribution in [0.25, 0.3) is 0 Å². The van der Waals surface area contributed by atoms with Crippen molar-refractivity contribution in [3.8, 4) is 0 Å². The highest BCUT2D eigenvalue weighted by molar-refractivity contribution is 5.88. The van der Waals surface area contributed by atoms with Gasteiger partial charge in [-0.05, 0) is 29.4 Å². The quantitative estimate of drug-likeness (QED) is 0.330. The number of amides is 2. The highest BCUT2D eigenvalue weighted by atomic mass is 16.5. The SMILES string of the molecule is CC(C)[C@H](C[C@H](O)[C@@H](N)COCc1ccccc1)C(=O)N[C@H](C(=O)NCc1ccccc1)C(C)C. The summed E-state index contributed by atoms with van der Waals surface area (Å²) in [6, 6.07) is 18.1. The number of hydrogen-bond donors (Lipinski definition) is 4. The van der Waals surface area contributed by atoms with Crippen LogP contribution in [0.15, 0.2) is 60.7 Å². The first-order valence-corrected chi connectivity index (χ1v) is 12.4. The lowest BCUT2D eigenvalue weighted by atomic mass is 9.87. The normalized spacial score (nSPS) is 14.9. The van der Waals surface area contributed by atoms with E-state index in [0.717, 1.165) is 11.1 Å². The summed E-state index contributed by atoms with van der Waals surface area (Å²) in [5.41, 5.74) is 8.17. The van der Waals surface area contributed by atoms with Crippen molar-refractivity contribution in [1.29, 1.82) is 0 Å². The Morgan fingerprint density at radius 1 is 0.886 bits per heavy atom. The Kier molecular flexibility index (Phi) is 11.9. The average molecular weight is 484 g/mol. The molecule has 0 radical (unpaired) electrons. The van der Waals surface area contributed by atoms with Gasteiger partial charge < -0.3 is 26.2 Å². The van der Waals surface area contributed by atoms with Crippen molar-refractivity contribution in [1.82, 2.24) is 10.6 Å². The molecule has 5 N–H and O–H groups in total. The van der Waals surface area contributed by atoms with Crippen LogP contribution in [-0.4, -0.2) is 41.7 Å². The lowest BCUT2D eigenvalue weighted by molar-refractivity contribution is -0.134. The molecule has 0 saturated heterocycles. The first kappa shape index (κ1) is 28.5. The Hall–Kier alpha value is -2.74. The third-order valence-corrected chi connectivity index (χ3v) is 6.11. The van der Waals surface area contributed by atoms with E-state index in [0.29, 0.717) is 13.2 Å². The number of carbonyl (C=O) groups is 2. The molecule has 0 aromatic heterocycles. The zero-order valence-electron chi connectivity index (χ0n) is 21.3. The van der Waals surface area contributed by atoms with Gasteiger partial charge in [-0.15, -0.1) is 0 Å². The number of nitrogens with one attached hydrogen (secondary N) is 2. The van der Waals surface area contributed by atoms with Gasteiger partial charge in [-0.1, -0.05) is 88.4 Å². The molecule has 2 rings (SSSR count). The summed E-state index contributed by atoms with van der Waals surface area (Å²) in [4.78, 5) is 26.0. The average Bonchev–Trinajstić information content (AvgIpc) is 2.84. The zero-order chi connectivity index (χ0) is 25.8. The van der Waals surface area contributed by atoms with Crippen molar-refractivity contribution >= 4 is 11.8 Å². The van der Waals surface area contributed by atoms with Crippen LogP contribution in [0.5, 0.6) is 0 Å². The summed E-state index contributed by atoms with van der Waals surface area (Å²) in [6.07, 6.45) is -0.719. The van der Waals surface area contributed by atoms with Gasteiger partial charge in [0.25, 0.3) is 0 Å². The van der Waals surface area contributed by atoms with Crippen molar-refractivity contribution in [2.45, 2.75) is 65.5 Å². The smallest absolute Gasteiger partial charge is 0.243 e. The molecule has 35 heavy (non-hydrogen) atoms. The fourth-order valence-electron chi connectivity index (χ4n) is 3.81. The number of aliphatic hydroxyl groups excluding tert-OH is 1. The number of ether oxygens (including phenoxy) is 1. The van der Waals surface area contributed by atoms with Crippen LogP contribution in [0.4, 0.5) is 0 Å². The predicted octanol–water partition coefficient (Wildman–Crippen LogP) is 3.01. The molecule has 0 saturated carbocycles. The van der Waals surface area contributed by atoms with Gasteiger partial charge in [-0.3, -0.25) is 9.59 Å². The van der Waals surface area contributed by atoms with Gasteiger partial charge in [0.15, 0.2) is 0 Å². The molecule has 2 aromatic carbocycles. The van der Waals surface area contributed by atoms with E-state index >= 15 is 0 Å². The van der Waals surface area contributed by atoms with E-state index in [1.54, 1.807) is 0 Å². The maximum Gasteiger partial charge on any atom is 0.243 e. The maximum atomic E-state index is 13.2.